The summed E-state index contributed by atoms with van der Waals surface area (Å²) in [5.74, 6) is -10.5. The molecule has 3 aliphatic rings. The Bertz CT molecular complexity index is 1080. The van der Waals surface area contributed by atoms with E-state index >= 15 is 0 Å². The Morgan fingerprint density at radius 3 is 2.41 bits per heavy atom. The van der Waals surface area contributed by atoms with Crippen molar-refractivity contribution in [2.45, 2.75) is 31.0 Å². The van der Waals surface area contributed by atoms with Crippen molar-refractivity contribution >= 4 is 29.0 Å². The van der Waals surface area contributed by atoms with E-state index in [9.17, 15) is 34.2 Å². The maximum absolute atomic E-state index is 13.6. The molecule has 2 saturated carbocycles. The Morgan fingerprint density at radius 1 is 1.19 bits per heavy atom. The molecule has 5 unspecified atom stereocenters. The molecule has 6 N–H and O–H groups in total. The number of Topliss-reactive ketones (excluding diaryl/α,β-unsaturated/α-hetero) is 4. The van der Waals surface area contributed by atoms with Crippen LogP contribution in [0.5, 0.6) is 5.75 Å². The van der Waals surface area contributed by atoms with Gasteiger partial charge in [0.15, 0.2) is 34.7 Å². The molecule has 0 heterocycles. The number of phenolic OH excluding ortho intramolecular Hbond substituents is 1. The quantitative estimate of drug-likeness (QED) is 0.397. The van der Waals surface area contributed by atoms with E-state index in [1.807, 2.05) is 0 Å². The molecule has 1 aromatic rings. The van der Waals surface area contributed by atoms with Crippen LogP contribution >= 0.6 is 0 Å². The summed E-state index contributed by atoms with van der Waals surface area (Å²) in [6.07, 6.45) is 0.232. The summed E-state index contributed by atoms with van der Waals surface area (Å²) in [6.45, 7) is 0.117. The molecule has 32 heavy (non-hydrogen) atoms. The van der Waals surface area contributed by atoms with Crippen molar-refractivity contribution in [1.82, 2.24) is 4.90 Å². The molecular formula is C22H25N3O7. The van der Waals surface area contributed by atoms with Gasteiger partial charge in [0, 0.05) is 12.5 Å². The van der Waals surface area contributed by atoms with E-state index in [-0.39, 0.29) is 30.7 Å². The maximum atomic E-state index is 13.6. The van der Waals surface area contributed by atoms with Crippen molar-refractivity contribution in [2.24, 2.45) is 35.1 Å². The molecule has 0 radical (unpaired) electrons. The third-order valence-corrected chi connectivity index (χ3v) is 7.26. The van der Waals surface area contributed by atoms with Gasteiger partial charge in [0.05, 0.1) is 17.5 Å². The fourth-order valence-corrected chi connectivity index (χ4v) is 5.86. The molecule has 1 aromatic carbocycles. The van der Waals surface area contributed by atoms with Gasteiger partial charge in [-0.15, -0.1) is 0 Å². The number of phenols is 1. The molecule has 10 heteroatoms. The van der Waals surface area contributed by atoms with Gasteiger partial charge >= 0.3 is 0 Å². The number of amides is 1. The van der Waals surface area contributed by atoms with Gasteiger partial charge in [-0.3, -0.25) is 28.9 Å². The predicted molar refractivity (Wildman–Crippen MR) is 109 cm³/mol. The summed E-state index contributed by atoms with van der Waals surface area (Å²) in [7, 11) is 3.08. The molecule has 0 spiro atoms. The van der Waals surface area contributed by atoms with Gasteiger partial charge in [-0.05, 0) is 50.0 Å². The lowest BCUT2D eigenvalue weighted by Crippen LogP contribution is -2.74. The van der Waals surface area contributed by atoms with E-state index in [4.69, 9.17) is 11.5 Å². The number of rotatable bonds is 3. The van der Waals surface area contributed by atoms with Crippen LogP contribution in [0.25, 0.3) is 0 Å². The number of ketones is 4. The van der Waals surface area contributed by atoms with Crippen molar-refractivity contribution in [2.75, 3.05) is 14.1 Å². The van der Waals surface area contributed by atoms with Crippen LogP contribution in [-0.2, 0) is 32.1 Å². The number of benzene rings is 1. The smallest absolute Gasteiger partial charge is 0.235 e. The maximum Gasteiger partial charge on any atom is 0.235 e. The standard InChI is InChI=1S/C22H25N3O7/c1-25(2)16-11-6-9-5-10-8(7-23)3-4-12(26)14(10)17(27)13(9)19(29)22(11,32)20(30)15(18(16)28)21(24)31/h3-4,9,11,13,15-16,26,32H,5-7,23H2,1-2H3,(H2,24,31)/t9?,11?,13?,15?,16?,22-/m0/s1. The Kier molecular flexibility index (Phi) is 5.07. The Balaban J connectivity index is 1.88. The number of fused-ring (bicyclic) bond motifs is 3. The van der Waals surface area contributed by atoms with Crippen molar-refractivity contribution in [3.05, 3.63) is 28.8 Å². The molecular weight excluding hydrogens is 418 g/mol. The van der Waals surface area contributed by atoms with Crippen molar-refractivity contribution < 1.29 is 34.2 Å². The highest BCUT2D eigenvalue weighted by atomic mass is 16.3. The molecule has 3 aliphatic carbocycles. The first-order chi connectivity index (χ1) is 15.0. The second kappa shape index (κ2) is 7.29. The number of carbonyl (C=O) groups excluding carboxylic acids is 5. The van der Waals surface area contributed by atoms with Crippen LogP contribution < -0.4 is 11.5 Å². The number of nitrogens with two attached hydrogens (primary N) is 2. The number of primary amides is 1. The number of aliphatic hydroxyl groups is 1. The van der Waals surface area contributed by atoms with Crippen LogP contribution in [0.3, 0.4) is 0 Å². The van der Waals surface area contributed by atoms with Crippen LogP contribution in [0.2, 0.25) is 0 Å². The molecule has 6 atom stereocenters. The monoisotopic (exact) mass is 443 g/mol. The molecule has 0 saturated heterocycles. The van der Waals surface area contributed by atoms with Crippen LogP contribution in [0, 0.1) is 23.7 Å². The number of likely N-dealkylation sites (N-methyl/N-ethyl adjacent to an activating group) is 1. The van der Waals surface area contributed by atoms with Gasteiger partial charge in [-0.2, -0.15) is 0 Å². The van der Waals surface area contributed by atoms with Gasteiger partial charge in [0.25, 0.3) is 0 Å². The third-order valence-electron chi connectivity index (χ3n) is 7.26. The molecule has 2 fully saturated rings. The Hall–Kier alpha value is -2.95. The first-order valence-electron chi connectivity index (χ1n) is 10.3. The molecule has 0 aromatic heterocycles. The van der Waals surface area contributed by atoms with Gasteiger partial charge in [-0.25, -0.2) is 0 Å². The van der Waals surface area contributed by atoms with E-state index in [1.54, 1.807) is 20.2 Å². The number of hydrogen-bond donors (Lipinski definition) is 4. The molecule has 1 amide bonds. The lowest BCUT2D eigenvalue weighted by molar-refractivity contribution is -0.181. The normalized spacial score (nSPS) is 34.2. The zero-order valence-corrected chi connectivity index (χ0v) is 17.7. The largest absolute Gasteiger partial charge is 0.507 e. The van der Waals surface area contributed by atoms with Gasteiger partial charge in [0.1, 0.15) is 5.75 Å². The summed E-state index contributed by atoms with van der Waals surface area (Å²) < 4.78 is 0. The minimum absolute atomic E-state index is 0.0174. The zero-order chi connectivity index (χ0) is 23.7. The van der Waals surface area contributed by atoms with Gasteiger partial charge in [-0.1, -0.05) is 6.07 Å². The van der Waals surface area contributed by atoms with E-state index in [0.29, 0.717) is 11.1 Å². The fourth-order valence-electron chi connectivity index (χ4n) is 5.86. The van der Waals surface area contributed by atoms with Crippen LogP contribution in [0.4, 0.5) is 0 Å². The average molecular weight is 443 g/mol. The number of carbonyl (C=O) groups is 5. The Morgan fingerprint density at radius 2 is 1.84 bits per heavy atom. The molecule has 0 bridgehead atoms. The van der Waals surface area contributed by atoms with Crippen LogP contribution in [-0.4, -0.2) is 69.9 Å². The number of hydrogen-bond acceptors (Lipinski definition) is 9. The highest BCUT2D eigenvalue weighted by Crippen LogP contribution is 2.50. The van der Waals surface area contributed by atoms with E-state index < -0.39 is 64.4 Å². The summed E-state index contributed by atoms with van der Waals surface area (Å²) in [6, 6.07) is 1.81. The van der Waals surface area contributed by atoms with Crippen molar-refractivity contribution in [3.63, 3.8) is 0 Å². The second-order valence-corrected chi connectivity index (χ2v) is 9.09. The van der Waals surface area contributed by atoms with Gasteiger partial charge < -0.3 is 21.7 Å². The second-order valence-electron chi connectivity index (χ2n) is 9.09. The van der Waals surface area contributed by atoms with Gasteiger partial charge in [0.2, 0.25) is 5.91 Å². The summed E-state index contributed by atoms with van der Waals surface area (Å²) in [5, 5.41) is 21.8. The zero-order valence-electron chi connectivity index (χ0n) is 17.7. The lowest BCUT2D eigenvalue weighted by Gasteiger charge is -2.52. The minimum Gasteiger partial charge on any atom is -0.507 e. The van der Waals surface area contributed by atoms with E-state index in [2.05, 4.69) is 0 Å². The van der Waals surface area contributed by atoms with Crippen LogP contribution in [0.1, 0.15) is 27.9 Å². The molecule has 170 valence electrons. The SMILES string of the molecule is CN(C)C1C(=O)C(C(N)=O)C(=O)[C@@]2(O)C(=O)C3C(=O)c4c(O)ccc(CN)c4CC3CC12. The van der Waals surface area contributed by atoms with Crippen molar-refractivity contribution in [1.29, 1.82) is 0 Å². The molecule has 0 aliphatic heterocycles. The molecule has 10 nitrogen and oxygen atoms in total. The fraction of sp³-hybridized carbons (Fsp3) is 0.500. The molecule has 4 rings (SSSR count). The number of aromatic hydroxyl groups is 1. The topological polar surface area (TPSA) is 181 Å². The Labute approximate surface area is 183 Å². The predicted octanol–water partition coefficient (Wildman–Crippen LogP) is -1.67. The highest BCUT2D eigenvalue weighted by Gasteiger charge is 2.69. The first kappa shape index (κ1) is 22.3. The highest BCUT2D eigenvalue weighted by molar-refractivity contribution is 6.32. The van der Waals surface area contributed by atoms with E-state index in [0.717, 1.165) is 0 Å². The van der Waals surface area contributed by atoms with Crippen molar-refractivity contribution in [3.8, 4) is 5.75 Å². The third kappa shape index (κ3) is 2.73. The summed E-state index contributed by atoms with van der Waals surface area (Å²) in [5.41, 5.74) is 9.49. The van der Waals surface area contributed by atoms with E-state index in [1.165, 1.54) is 11.0 Å². The minimum atomic E-state index is -2.71. The number of nitrogens with zero attached hydrogens (tertiary/aromatic N) is 1. The summed E-state index contributed by atoms with van der Waals surface area (Å²) >= 11 is 0. The lowest BCUT2D eigenvalue weighted by atomic mass is 9.52. The first-order valence-corrected chi connectivity index (χ1v) is 10.3. The average Bonchev–Trinajstić information content (AvgIpc) is 2.70. The van der Waals surface area contributed by atoms with Crippen LogP contribution in [0.15, 0.2) is 12.1 Å². The summed E-state index contributed by atoms with van der Waals surface area (Å²) in [4.78, 5) is 66.4.